The molecule has 1 atom stereocenters. The van der Waals surface area contributed by atoms with Crippen LogP contribution in [0.2, 0.25) is 0 Å². The predicted octanol–water partition coefficient (Wildman–Crippen LogP) is 0.760. The third-order valence-electron chi connectivity index (χ3n) is 2.65. The maximum Gasteiger partial charge on any atom is 0.299 e. The lowest BCUT2D eigenvalue weighted by molar-refractivity contribution is 0.583. The summed E-state index contributed by atoms with van der Waals surface area (Å²) in [6, 6.07) is 4.58. The van der Waals surface area contributed by atoms with Gasteiger partial charge in [-0.15, -0.1) is 0 Å². The Morgan fingerprint density at radius 3 is 3.20 bits per heavy atom. The van der Waals surface area contributed by atoms with Gasteiger partial charge < -0.3 is 15.1 Å². The molecule has 78 valence electrons. The van der Waals surface area contributed by atoms with Crippen molar-refractivity contribution >= 4 is 17.2 Å². The first-order chi connectivity index (χ1) is 7.33. The van der Waals surface area contributed by atoms with E-state index in [1.807, 2.05) is 12.1 Å². The van der Waals surface area contributed by atoms with E-state index in [1.165, 1.54) is 0 Å². The SMILES string of the molecule is N[C@H]1CCN(c2nc3ncccc3o2)C1. The number of oxazole rings is 1. The maximum absolute atomic E-state index is 5.83. The summed E-state index contributed by atoms with van der Waals surface area (Å²) < 4.78 is 5.60. The van der Waals surface area contributed by atoms with Gasteiger partial charge in [-0.25, -0.2) is 4.98 Å². The number of aromatic nitrogens is 2. The van der Waals surface area contributed by atoms with Crippen molar-refractivity contribution in [3.8, 4) is 0 Å². The predicted molar refractivity (Wildman–Crippen MR) is 56.6 cm³/mol. The molecule has 5 heteroatoms. The van der Waals surface area contributed by atoms with E-state index in [-0.39, 0.29) is 6.04 Å². The highest BCUT2D eigenvalue weighted by molar-refractivity contribution is 5.69. The Balaban J connectivity index is 1.98. The summed E-state index contributed by atoms with van der Waals surface area (Å²) in [5.41, 5.74) is 7.22. The molecule has 1 aliphatic rings. The largest absolute Gasteiger partial charge is 0.422 e. The third kappa shape index (κ3) is 1.45. The Bertz CT molecular complexity index is 448. The van der Waals surface area contributed by atoms with Crippen molar-refractivity contribution in [1.82, 2.24) is 9.97 Å². The van der Waals surface area contributed by atoms with Gasteiger partial charge in [0.05, 0.1) is 0 Å². The van der Waals surface area contributed by atoms with Gasteiger partial charge in [-0.05, 0) is 18.6 Å². The first-order valence-corrected chi connectivity index (χ1v) is 5.05. The number of rotatable bonds is 1. The van der Waals surface area contributed by atoms with Gasteiger partial charge in [-0.3, -0.25) is 0 Å². The second-order valence-corrected chi connectivity index (χ2v) is 3.82. The first-order valence-electron chi connectivity index (χ1n) is 5.05. The lowest BCUT2D eigenvalue weighted by Crippen LogP contribution is -2.26. The van der Waals surface area contributed by atoms with Gasteiger partial charge in [-0.1, -0.05) is 0 Å². The van der Waals surface area contributed by atoms with Gasteiger partial charge in [0.2, 0.25) is 5.65 Å². The summed E-state index contributed by atoms with van der Waals surface area (Å²) in [7, 11) is 0. The average molecular weight is 204 g/mol. The van der Waals surface area contributed by atoms with Gasteiger partial charge in [0.1, 0.15) is 0 Å². The van der Waals surface area contributed by atoms with E-state index in [0.717, 1.165) is 25.1 Å². The smallest absolute Gasteiger partial charge is 0.299 e. The van der Waals surface area contributed by atoms with Crippen LogP contribution < -0.4 is 10.6 Å². The Morgan fingerprint density at radius 2 is 2.47 bits per heavy atom. The van der Waals surface area contributed by atoms with E-state index in [9.17, 15) is 0 Å². The van der Waals surface area contributed by atoms with Crippen molar-refractivity contribution < 1.29 is 4.42 Å². The van der Waals surface area contributed by atoms with Crippen LogP contribution in [-0.4, -0.2) is 29.1 Å². The van der Waals surface area contributed by atoms with E-state index in [2.05, 4.69) is 14.9 Å². The minimum atomic E-state index is 0.230. The van der Waals surface area contributed by atoms with E-state index in [4.69, 9.17) is 10.2 Å². The molecule has 0 saturated carbocycles. The summed E-state index contributed by atoms with van der Waals surface area (Å²) in [6.07, 6.45) is 2.70. The lowest BCUT2D eigenvalue weighted by atomic mass is 10.3. The number of anilines is 1. The van der Waals surface area contributed by atoms with Gasteiger partial charge in [0.25, 0.3) is 6.01 Å². The number of nitrogens with zero attached hydrogens (tertiary/aromatic N) is 3. The van der Waals surface area contributed by atoms with Crippen molar-refractivity contribution in [2.75, 3.05) is 18.0 Å². The summed E-state index contributed by atoms with van der Waals surface area (Å²) in [6.45, 7) is 1.72. The fourth-order valence-corrected chi connectivity index (χ4v) is 1.85. The normalized spacial score (nSPS) is 21.4. The topological polar surface area (TPSA) is 68.2 Å². The Hall–Kier alpha value is -1.62. The number of nitrogens with two attached hydrogens (primary N) is 1. The maximum atomic E-state index is 5.83. The molecule has 2 aromatic rings. The van der Waals surface area contributed by atoms with Gasteiger partial charge in [0, 0.05) is 25.3 Å². The molecular formula is C10H12N4O. The quantitative estimate of drug-likeness (QED) is 0.742. The van der Waals surface area contributed by atoms with Crippen LogP contribution in [0.1, 0.15) is 6.42 Å². The minimum absolute atomic E-state index is 0.230. The molecule has 0 bridgehead atoms. The highest BCUT2D eigenvalue weighted by atomic mass is 16.4. The number of pyridine rings is 1. The number of hydrogen-bond acceptors (Lipinski definition) is 5. The fourth-order valence-electron chi connectivity index (χ4n) is 1.85. The minimum Gasteiger partial charge on any atom is -0.422 e. The Morgan fingerprint density at radius 1 is 1.53 bits per heavy atom. The second-order valence-electron chi connectivity index (χ2n) is 3.82. The molecule has 2 aromatic heterocycles. The van der Waals surface area contributed by atoms with Crippen LogP contribution in [0.15, 0.2) is 22.7 Å². The van der Waals surface area contributed by atoms with Crippen LogP contribution in [0.4, 0.5) is 6.01 Å². The van der Waals surface area contributed by atoms with Gasteiger partial charge >= 0.3 is 0 Å². The van der Waals surface area contributed by atoms with Gasteiger partial charge in [-0.2, -0.15) is 4.98 Å². The molecule has 2 N–H and O–H groups in total. The number of hydrogen-bond donors (Lipinski definition) is 1. The van der Waals surface area contributed by atoms with Crippen molar-refractivity contribution in [1.29, 1.82) is 0 Å². The standard InChI is InChI=1S/C10H12N4O/c11-7-3-5-14(6-7)10-13-9-8(15-10)2-1-4-12-9/h1-2,4,7H,3,5-6,11H2/t7-/m0/s1. The van der Waals surface area contributed by atoms with Crippen molar-refractivity contribution in [3.63, 3.8) is 0 Å². The van der Waals surface area contributed by atoms with E-state index in [0.29, 0.717) is 11.7 Å². The van der Waals surface area contributed by atoms with Crippen LogP contribution in [0, 0.1) is 0 Å². The van der Waals surface area contributed by atoms with Crippen LogP contribution in [-0.2, 0) is 0 Å². The molecule has 3 heterocycles. The van der Waals surface area contributed by atoms with Crippen molar-refractivity contribution in [3.05, 3.63) is 18.3 Å². The monoisotopic (exact) mass is 204 g/mol. The zero-order valence-corrected chi connectivity index (χ0v) is 8.26. The lowest BCUT2D eigenvalue weighted by Gasteiger charge is -2.11. The zero-order valence-electron chi connectivity index (χ0n) is 8.26. The highest BCUT2D eigenvalue weighted by Crippen LogP contribution is 2.22. The van der Waals surface area contributed by atoms with Crippen LogP contribution in [0.25, 0.3) is 11.2 Å². The Labute approximate surface area is 86.9 Å². The van der Waals surface area contributed by atoms with Crippen molar-refractivity contribution in [2.24, 2.45) is 5.73 Å². The molecule has 0 aliphatic carbocycles. The molecule has 1 saturated heterocycles. The fraction of sp³-hybridized carbons (Fsp3) is 0.400. The first kappa shape index (κ1) is 8.67. The average Bonchev–Trinajstić information content (AvgIpc) is 2.82. The van der Waals surface area contributed by atoms with Crippen LogP contribution >= 0.6 is 0 Å². The molecule has 5 nitrogen and oxygen atoms in total. The highest BCUT2D eigenvalue weighted by Gasteiger charge is 2.23. The molecule has 15 heavy (non-hydrogen) atoms. The molecular weight excluding hydrogens is 192 g/mol. The van der Waals surface area contributed by atoms with E-state index >= 15 is 0 Å². The summed E-state index contributed by atoms with van der Waals surface area (Å²) in [5, 5.41) is 0. The summed E-state index contributed by atoms with van der Waals surface area (Å²) in [4.78, 5) is 10.5. The number of fused-ring (bicyclic) bond motifs is 1. The van der Waals surface area contributed by atoms with E-state index < -0.39 is 0 Å². The molecule has 1 aliphatic heterocycles. The Kier molecular flexibility index (Phi) is 1.85. The summed E-state index contributed by atoms with van der Waals surface area (Å²) >= 11 is 0. The zero-order chi connectivity index (χ0) is 10.3. The molecule has 0 unspecified atom stereocenters. The van der Waals surface area contributed by atoms with Crippen LogP contribution in [0.5, 0.6) is 0 Å². The van der Waals surface area contributed by atoms with Crippen LogP contribution in [0.3, 0.4) is 0 Å². The summed E-state index contributed by atoms with van der Waals surface area (Å²) in [5.74, 6) is 0. The second kappa shape index (κ2) is 3.20. The third-order valence-corrected chi connectivity index (χ3v) is 2.65. The van der Waals surface area contributed by atoms with Crippen molar-refractivity contribution in [2.45, 2.75) is 12.5 Å². The molecule has 3 rings (SSSR count). The molecule has 0 amide bonds. The molecule has 0 aromatic carbocycles. The molecule has 0 spiro atoms. The molecule has 0 radical (unpaired) electrons. The van der Waals surface area contributed by atoms with E-state index in [1.54, 1.807) is 6.20 Å². The molecule has 1 fully saturated rings. The van der Waals surface area contributed by atoms with Gasteiger partial charge in [0.15, 0.2) is 5.58 Å².